The number of piperazine rings is 1. The van der Waals surface area contributed by atoms with Gasteiger partial charge in [-0.05, 0) is 6.07 Å². The lowest BCUT2D eigenvalue weighted by molar-refractivity contribution is 0.0745. The molecule has 0 spiro atoms. The van der Waals surface area contributed by atoms with Gasteiger partial charge in [-0.1, -0.05) is 30.3 Å². The Morgan fingerprint density at radius 2 is 1.91 bits per heavy atom. The van der Waals surface area contributed by atoms with Crippen LogP contribution in [0.5, 0.6) is 0 Å². The van der Waals surface area contributed by atoms with Gasteiger partial charge in [0.25, 0.3) is 11.8 Å². The number of aliphatic imine (C=N–C) groups is 1. The van der Waals surface area contributed by atoms with E-state index in [0.29, 0.717) is 24.4 Å². The molecule has 10 nitrogen and oxygen atoms in total. The van der Waals surface area contributed by atoms with Crippen molar-refractivity contribution in [3.05, 3.63) is 72.3 Å². The SMILES string of the molecule is Cn1ncc(C(=O)N2CCN3CCN=C3C2)c1C(=O)Nc1ccn2cc(-c3ccccc3)nc2c1. The predicted molar refractivity (Wildman–Crippen MR) is 132 cm³/mol. The first kappa shape index (κ1) is 21.1. The summed E-state index contributed by atoms with van der Waals surface area (Å²) in [4.78, 5) is 39.7. The van der Waals surface area contributed by atoms with E-state index in [1.807, 2.05) is 47.1 Å². The molecule has 1 aromatic carbocycles. The number of amidine groups is 1. The molecule has 2 aliphatic rings. The molecule has 3 aromatic heterocycles. The van der Waals surface area contributed by atoms with Gasteiger partial charge in [0, 0.05) is 56.4 Å². The molecule has 2 aliphatic heterocycles. The molecule has 0 aliphatic carbocycles. The molecule has 0 atom stereocenters. The van der Waals surface area contributed by atoms with Crippen LogP contribution in [0, 0.1) is 0 Å². The number of fused-ring (bicyclic) bond motifs is 2. The van der Waals surface area contributed by atoms with Crippen LogP contribution in [0.1, 0.15) is 20.8 Å². The average Bonchev–Trinajstić information content (AvgIpc) is 3.61. The van der Waals surface area contributed by atoms with Crippen LogP contribution in [0.25, 0.3) is 16.9 Å². The van der Waals surface area contributed by atoms with Gasteiger partial charge in [-0.15, -0.1) is 0 Å². The largest absolute Gasteiger partial charge is 0.355 e. The van der Waals surface area contributed by atoms with Crippen molar-refractivity contribution in [2.45, 2.75) is 0 Å². The van der Waals surface area contributed by atoms with E-state index in [1.54, 1.807) is 24.1 Å². The van der Waals surface area contributed by atoms with E-state index in [4.69, 9.17) is 0 Å². The normalized spacial score (nSPS) is 15.3. The highest BCUT2D eigenvalue weighted by atomic mass is 16.2. The van der Waals surface area contributed by atoms with Crippen molar-refractivity contribution in [3.8, 4) is 11.3 Å². The Kier molecular flexibility index (Phi) is 5.05. The first-order valence-electron chi connectivity index (χ1n) is 11.5. The van der Waals surface area contributed by atoms with Crippen LogP contribution in [0.3, 0.4) is 0 Å². The molecule has 35 heavy (non-hydrogen) atoms. The number of nitrogens with one attached hydrogen (secondary N) is 1. The minimum atomic E-state index is -0.399. The van der Waals surface area contributed by atoms with Gasteiger partial charge in [0.1, 0.15) is 17.2 Å². The number of anilines is 1. The predicted octanol–water partition coefficient (Wildman–Crippen LogP) is 2.16. The van der Waals surface area contributed by atoms with Crippen LogP contribution in [-0.2, 0) is 7.05 Å². The van der Waals surface area contributed by atoms with E-state index in [0.717, 1.165) is 36.7 Å². The lowest BCUT2D eigenvalue weighted by Crippen LogP contribution is -2.50. The molecule has 10 heteroatoms. The monoisotopic (exact) mass is 468 g/mol. The molecule has 2 amide bonds. The summed E-state index contributed by atoms with van der Waals surface area (Å²) < 4.78 is 3.34. The molecule has 1 saturated heterocycles. The third-order valence-corrected chi connectivity index (χ3v) is 6.46. The Morgan fingerprint density at radius 1 is 1.06 bits per heavy atom. The fourth-order valence-corrected chi connectivity index (χ4v) is 4.62. The maximum Gasteiger partial charge on any atom is 0.274 e. The molecule has 176 valence electrons. The summed E-state index contributed by atoms with van der Waals surface area (Å²) in [6.07, 6.45) is 5.26. The first-order valence-corrected chi connectivity index (χ1v) is 11.5. The van der Waals surface area contributed by atoms with Crippen molar-refractivity contribution >= 4 is 29.0 Å². The molecule has 0 unspecified atom stereocenters. The van der Waals surface area contributed by atoms with Crippen molar-refractivity contribution in [2.75, 3.05) is 38.0 Å². The topological polar surface area (TPSA) is 100 Å². The highest BCUT2D eigenvalue weighted by Crippen LogP contribution is 2.22. The van der Waals surface area contributed by atoms with Crippen molar-refractivity contribution in [2.24, 2.45) is 12.0 Å². The van der Waals surface area contributed by atoms with Gasteiger partial charge in [0.05, 0.1) is 30.5 Å². The number of benzene rings is 1. The lowest BCUT2D eigenvalue weighted by atomic mass is 10.1. The Balaban J connectivity index is 1.23. The molecule has 6 rings (SSSR count). The third-order valence-electron chi connectivity index (χ3n) is 6.46. The summed E-state index contributed by atoms with van der Waals surface area (Å²) in [6.45, 7) is 3.47. The van der Waals surface area contributed by atoms with E-state index in [9.17, 15) is 9.59 Å². The van der Waals surface area contributed by atoms with Gasteiger partial charge >= 0.3 is 0 Å². The molecule has 1 fully saturated rings. The standard InChI is InChI=1S/C25H24N8O2/c1-30-23(19(14-27-30)25(35)33-12-11-31-10-8-26-22(31)16-33)24(34)28-18-7-9-32-15-20(29-21(32)13-18)17-5-3-2-4-6-17/h2-7,9,13-15H,8,10-12,16H2,1H3,(H,28,34). The number of pyridine rings is 1. The fraction of sp³-hybridized carbons (Fsp3) is 0.240. The van der Waals surface area contributed by atoms with Crippen LogP contribution in [0.2, 0.25) is 0 Å². The molecule has 0 bridgehead atoms. The van der Waals surface area contributed by atoms with Gasteiger partial charge in [-0.2, -0.15) is 5.10 Å². The van der Waals surface area contributed by atoms with Crippen molar-refractivity contribution < 1.29 is 9.59 Å². The minimum Gasteiger partial charge on any atom is -0.355 e. The second-order valence-corrected chi connectivity index (χ2v) is 8.67. The molecular formula is C25H24N8O2. The van der Waals surface area contributed by atoms with Gasteiger partial charge < -0.3 is 19.5 Å². The van der Waals surface area contributed by atoms with E-state index in [2.05, 4.69) is 25.3 Å². The van der Waals surface area contributed by atoms with Crippen LogP contribution >= 0.6 is 0 Å². The smallest absolute Gasteiger partial charge is 0.274 e. The average molecular weight is 469 g/mol. The maximum atomic E-state index is 13.3. The van der Waals surface area contributed by atoms with Crippen molar-refractivity contribution in [1.82, 2.24) is 29.0 Å². The summed E-state index contributed by atoms with van der Waals surface area (Å²) in [5.41, 5.74) is 3.66. The van der Waals surface area contributed by atoms with Gasteiger partial charge in [0.2, 0.25) is 0 Å². The fourth-order valence-electron chi connectivity index (χ4n) is 4.62. The van der Waals surface area contributed by atoms with E-state index in [-0.39, 0.29) is 17.2 Å². The van der Waals surface area contributed by atoms with E-state index in [1.165, 1.54) is 10.9 Å². The van der Waals surface area contributed by atoms with Crippen LogP contribution in [0.15, 0.2) is 66.0 Å². The second kappa shape index (κ2) is 8.39. The number of amides is 2. The first-order chi connectivity index (χ1) is 17.1. The zero-order valence-corrected chi connectivity index (χ0v) is 19.3. The number of nitrogens with zero attached hydrogens (tertiary/aromatic N) is 7. The van der Waals surface area contributed by atoms with Gasteiger partial charge in [0.15, 0.2) is 0 Å². The van der Waals surface area contributed by atoms with Crippen LogP contribution < -0.4 is 5.32 Å². The van der Waals surface area contributed by atoms with Crippen molar-refractivity contribution in [1.29, 1.82) is 0 Å². The maximum absolute atomic E-state index is 13.3. The quantitative estimate of drug-likeness (QED) is 0.495. The summed E-state index contributed by atoms with van der Waals surface area (Å²) in [7, 11) is 1.66. The lowest BCUT2D eigenvalue weighted by Gasteiger charge is -2.33. The van der Waals surface area contributed by atoms with E-state index >= 15 is 0 Å². The molecule has 5 heterocycles. The van der Waals surface area contributed by atoms with Crippen molar-refractivity contribution in [3.63, 3.8) is 0 Å². The number of carbonyl (C=O) groups is 2. The van der Waals surface area contributed by atoms with Gasteiger partial charge in [-0.25, -0.2) is 4.98 Å². The third kappa shape index (κ3) is 3.82. The van der Waals surface area contributed by atoms with Crippen LogP contribution in [0.4, 0.5) is 5.69 Å². The number of hydrogen-bond acceptors (Lipinski definition) is 6. The highest BCUT2D eigenvalue weighted by Gasteiger charge is 2.31. The number of aryl methyl sites for hydroxylation is 1. The van der Waals surface area contributed by atoms with Gasteiger partial charge in [-0.3, -0.25) is 19.3 Å². The number of aromatic nitrogens is 4. The number of rotatable bonds is 4. The summed E-state index contributed by atoms with van der Waals surface area (Å²) >= 11 is 0. The Morgan fingerprint density at radius 3 is 2.77 bits per heavy atom. The molecule has 1 N–H and O–H groups in total. The Hall–Kier alpha value is -4.47. The van der Waals surface area contributed by atoms with Crippen LogP contribution in [-0.4, -0.2) is 79.3 Å². The zero-order chi connectivity index (χ0) is 23.9. The highest BCUT2D eigenvalue weighted by molar-refractivity contribution is 6.11. The molecule has 0 radical (unpaired) electrons. The second-order valence-electron chi connectivity index (χ2n) is 8.67. The summed E-state index contributed by atoms with van der Waals surface area (Å²) in [6, 6.07) is 13.5. The number of hydrogen-bond donors (Lipinski definition) is 1. The summed E-state index contributed by atoms with van der Waals surface area (Å²) in [5, 5.41) is 7.11. The Bertz CT molecular complexity index is 1470. The Labute approximate surface area is 201 Å². The minimum absolute atomic E-state index is 0.214. The number of carbonyl (C=O) groups excluding carboxylic acids is 2. The molecular weight excluding hydrogens is 444 g/mol. The van der Waals surface area contributed by atoms with E-state index < -0.39 is 5.91 Å². The number of imidazole rings is 1. The zero-order valence-electron chi connectivity index (χ0n) is 19.3. The summed E-state index contributed by atoms with van der Waals surface area (Å²) in [5.74, 6) is 0.320. The molecule has 0 saturated carbocycles. The molecule has 4 aromatic rings.